The molecule has 0 N–H and O–H groups in total. The second-order valence-corrected chi connectivity index (χ2v) is 6.36. The standard InChI is InChI=1S/C9H20Si/c1-9(2,3)7-5-4-6-8(7)10/h7-8H,4-6H2,1-3,10H3. The first kappa shape index (κ1) is 8.31. The van der Waals surface area contributed by atoms with E-state index in [2.05, 4.69) is 20.8 Å². The maximum absolute atomic E-state index is 2.40. The molecule has 1 aliphatic carbocycles. The van der Waals surface area contributed by atoms with Gasteiger partial charge in [-0.3, -0.25) is 0 Å². The van der Waals surface area contributed by atoms with Crippen molar-refractivity contribution in [3.63, 3.8) is 0 Å². The lowest BCUT2D eigenvalue weighted by molar-refractivity contribution is 0.247. The molecule has 2 unspecified atom stereocenters. The van der Waals surface area contributed by atoms with Crippen molar-refractivity contribution in [2.24, 2.45) is 11.3 Å². The predicted octanol–water partition coefficient (Wildman–Crippen LogP) is 1.99. The van der Waals surface area contributed by atoms with Gasteiger partial charge in [-0.25, -0.2) is 0 Å². The average Bonchev–Trinajstić information content (AvgIpc) is 2.11. The highest BCUT2D eigenvalue weighted by Crippen LogP contribution is 2.44. The van der Waals surface area contributed by atoms with Crippen LogP contribution in [-0.2, 0) is 0 Å². The van der Waals surface area contributed by atoms with Crippen molar-refractivity contribution in [1.29, 1.82) is 0 Å². The average molecular weight is 156 g/mol. The van der Waals surface area contributed by atoms with E-state index in [4.69, 9.17) is 0 Å². The molecule has 1 fully saturated rings. The summed E-state index contributed by atoms with van der Waals surface area (Å²) in [6.07, 6.45) is 4.52. The lowest BCUT2D eigenvalue weighted by Gasteiger charge is -2.30. The van der Waals surface area contributed by atoms with E-state index < -0.39 is 0 Å². The van der Waals surface area contributed by atoms with Crippen LogP contribution >= 0.6 is 0 Å². The first-order chi connectivity index (χ1) is 4.52. The van der Waals surface area contributed by atoms with Crippen molar-refractivity contribution >= 4 is 10.2 Å². The van der Waals surface area contributed by atoms with Gasteiger partial charge in [0, 0.05) is 10.2 Å². The van der Waals surface area contributed by atoms with E-state index in [1.165, 1.54) is 29.5 Å². The third-order valence-electron chi connectivity index (χ3n) is 2.97. The van der Waals surface area contributed by atoms with Crippen LogP contribution in [0.1, 0.15) is 40.0 Å². The largest absolute Gasteiger partial charge is 0.0599 e. The molecular weight excluding hydrogens is 136 g/mol. The topological polar surface area (TPSA) is 0 Å². The Morgan fingerprint density at radius 1 is 1.20 bits per heavy atom. The van der Waals surface area contributed by atoms with Crippen LogP contribution < -0.4 is 0 Å². The SMILES string of the molecule is CC(C)(C)C1CCCC1[SiH3]. The monoisotopic (exact) mass is 156 g/mol. The third-order valence-corrected chi connectivity index (χ3v) is 4.36. The summed E-state index contributed by atoms with van der Waals surface area (Å²) < 4.78 is 0. The predicted molar refractivity (Wildman–Crippen MR) is 50.5 cm³/mol. The second kappa shape index (κ2) is 2.69. The van der Waals surface area contributed by atoms with E-state index in [9.17, 15) is 0 Å². The smallest absolute Gasteiger partial charge is 0.00710 e. The molecule has 0 saturated heterocycles. The van der Waals surface area contributed by atoms with Crippen LogP contribution in [0.25, 0.3) is 0 Å². The lowest BCUT2D eigenvalue weighted by atomic mass is 9.79. The van der Waals surface area contributed by atoms with Gasteiger partial charge >= 0.3 is 0 Å². The van der Waals surface area contributed by atoms with Gasteiger partial charge in [0.05, 0.1) is 0 Å². The molecule has 60 valence electrons. The normalized spacial score (nSPS) is 35.1. The van der Waals surface area contributed by atoms with E-state index in [-0.39, 0.29) is 0 Å². The van der Waals surface area contributed by atoms with Gasteiger partial charge in [0.1, 0.15) is 0 Å². The number of hydrogen-bond acceptors (Lipinski definition) is 0. The molecule has 2 atom stereocenters. The maximum atomic E-state index is 2.40. The molecule has 0 nitrogen and oxygen atoms in total. The van der Waals surface area contributed by atoms with Crippen molar-refractivity contribution in [2.75, 3.05) is 0 Å². The lowest BCUT2D eigenvalue weighted by Crippen LogP contribution is -2.20. The molecule has 1 aliphatic rings. The van der Waals surface area contributed by atoms with Gasteiger partial charge in [-0.2, -0.15) is 0 Å². The molecule has 0 heterocycles. The molecule has 0 aromatic rings. The Morgan fingerprint density at radius 2 is 1.80 bits per heavy atom. The van der Waals surface area contributed by atoms with Crippen LogP contribution in [0.2, 0.25) is 5.54 Å². The van der Waals surface area contributed by atoms with Crippen LogP contribution in [0.4, 0.5) is 0 Å². The van der Waals surface area contributed by atoms with Crippen LogP contribution in [0, 0.1) is 11.3 Å². The van der Waals surface area contributed by atoms with Crippen molar-refractivity contribution in [1.82, 2.24) is 0 Å². The minimum Gasteiger partial charge on any atom is -0.0599 e. The molecule has 10 heavy (non-hydrogen) atoms. The summed E-state index contributed by atoms with van der Waals surface area (Å²) in [5, 5.41) is 0. The molecule has 0 spiro atoms. The van der Waals surface area contributed by atoms with Gasteiger partial charge in [-0.15, -0.1) is 0 Å². The van der Waals surface area contributed by atoms with E-state index in [0.29, 0.717) is 5.41 Å². The summed E-state index contributed by atoms with van der Waals surface area (Å²) in [4.78, 5) is 0. The third kappa shape index (κ3) is 1.63. The zero-order chi connectivity index (χ0) is 7.78. The molecule has 0 aromatic carbocycles. The summed E-state index contributed by atoms with van der Waals surface area (Å²) in [6, 6.07) is 0. The van der Waals surface area contributed by atoms with Crippen LogP contribution in [0.15, 0.2) is 0 Å². The Kier molecular flexibility index (Phi) is 2.23. The highest BCUT2D eigenvalue weighted by molar-refractivity contribution is 6.12. The highest BCUT2D eigenvalue weighted by Gasteiger charge is 2.32. The molecular formula is C9H20Si. The van der Waals surface area contributed by atoms with Crippen molar-refractivity contribution in [2.45, 2.75) is 45.6 Å². The number of hydrogen-bond donors (Lipinski definition) is 0. The summed E-state index contributed by atoms with van der Waals surface area (Å²) in [5.41, 5.74) is 1.70. The Hall–Kier alpha value is 0.217. The van der Waals surface area contributed by atoms with Crippen LogP contribution in [-0.4, -0.2) is 10.2 Å². The molecule has 0 aromatic heterocycles. The van der Waals surface area contributed by atoms with Gasteiger partial charge in [-0.1, -0.05) is 39.2 Å². The van der Waals surface area contributed by atoms with Crippen LogP contribution in [0.3, 0.4) is 0 Å². The highest BCUT2D eigenvalue weighted by atomic mass is 28.1. The van der Waals surface area contributed by atoms with Crippen molar-refractivity contribution in [3.8, 4) is 0 Å². The summed E-state index contributed by atoms with van der Waals surface area (Å²) in [7, 11) is 1.42. The summed E-state index contributed by atoms with van der Waals surface area (Å²) in [6.45, 7) is 7.19. The fourth-order valence-corrected chi connectivity index (χ4v) is 4.17. The van der Waals surface area contributed by atoms with Gasteiger partial charge in [-0.05, 0) is 17.8 Å². The molecule has 0 radical (unpaired) electrons. The zero-order valence-electron chi connectivity index (χ0n) is 7.78. The second-order valence-electron chi connectivity index (χ2n) is 4.88. The van der Waals surface area contributed by atoms with E-state index in [0.717, 1.165) is 11.5 Å². The molecule has 1 heteroatoms. The van der Waals surface area contributed by atoms with Crippen molar-refractivity contribution in [3.05, 3.63) is 0 Å². The Bertz CT molecular complexity index is 112. The van der Waals surface area contributed by atoms with E-state index in [1.807, 2.05) is 0 Å². The molecule has 0 bridgehead atoms. The minimum atomic E-state index is 0.586. The van der Waals surface area contributed by atoms with Gasteiger partial charge in [0.25, 0.3) is 0 Å². The first-order valence-electron chi connectivity index (χ1n) is 4.52. The zero-order valence-corrected chi connectivity index (χ0v) is 9.78. The van der Waals surface area contributed by atoms with E-state index in [1.54, 1.807) is 0 Å². The summed E-state index contributed by atoms with van der Waals surface area (Å²) in [5.74, 6) is 1.04. The van der Waals surface area contributed by atoms with Crippen molar-refractivity contribution < 1.29 is 0 Å². The fraction of sp³-hybridized carbons (Fsp3) is 1.00. The molecule has 0 amide bonds. The van der Waals surface area contributed by atoms with Gasteiger partial charge in [0.2, 0.25) is 0 Å². The minimum absolute atomic E-state index is 0.586. The maximum Gasteiger partial charge on any atom is 0.00710 e. The number of rotatable bonds is 0. The van der Waals surface area contributed by atoms with Gasteiger partial charge < -0.3 is 0 Å². The summed E-state index contributed by atoms with van der Waals surface area (Å²) >= 11 is 0. The Labute approximate surface area is 67.8 Å². The fourth-order valence-electron chi connectivity index (χ4n) is 2.43. The molecule has 1 saturated carbocycles. The van der Waals surface area contributed by atoms with E-state index >= 15 is 0 Å². The quantitative estimate of drug-likeness (QED) is 0.471. The van der Waals surface area contributed by atoms with Gasteiger partial charge in [0.15, 0.2) is 0 Å². The Balaban J connectivity index is 2.55. The molecule has 1 rings (SSSR count). The first-order valence-corrected chi connectivity index (χ1v) is 5.67. The molecule has 0 aliphatic heterocycles. The Morgan fingerprint density at radius 3 is 2.00 bits per heavy atom. The van der Waals surface area contributed by atoms with Crippen LogP contribution in [0.5, 0.6) is 0 Å².